The van der Waals surface area contributed by atoms with Crippen molar-refractivity contribution < 1.29 is 14.4 Å². The molecule has 0 aromatic heterocycles. The third-order valence-electron chi connectivity index (χ3n) is 5.24. The summed E-state index contributed by atoms with van der Waals surface area (Å²) in [5.74, 6) is -0.793. The van der Waals surface area contributed by atoms with Crippen LogP contribution in [0.1, 0.15) is 31.8 Å². The van der Waals surface area contributed by atoms with E-state index in [2.05, 4.69) is 26.6 Å². The summed E-state index contributed by atoms with van der Waals surface area (Å²) in [6, 6.07) is 27.7. The predicted molar refractivity (Wildman–Crippen MR) is 142 cm³/mol. The number of carbonyl (C=O) groups is 3. The molecule has 1 amide bonds. The Balaban J connectivity index is 1.51. The first-order valence-electron chi connectivity index (χ1n) is 10.7. The highest BCUT2D eigenvalue weighted by Gasteiger charge is 2.18. The van der Waals surface area contributed by atoms with Crippen molar-refractivity contribution in [1.82, 2.24) is 0 Å². The SMILES string of the molecule is O=C(CNc1ccc(Br)cc1C(=O)c1ccccc1)Nc1ccc(Cl)cc1C(=O)c1ccccc1. The number of rotatable bonds is 8. The molecule has 0 radical (unpaired) electrons. The Labute approximate surface area is 216 Å². The maximum atomic E-state index is 13.0. The zero-order valence-electron chi connectivity index (χ0n) is 18.4. The summed E-state index contributed by atoms with van der Waals surface area (Å²) in [7, 11) is 0. The molecule has 2 N–H and O–H groups in total. The highest BCUT2D eigenvalue weighted by molar-refractivity contribution is 9.10. The Bertz CT molecular complexity index is 1390. The Morgan fingerprint density at radius 3 is 1.83 bits per heavy atom. The Morgan fingerprint density at radius 1 is 0.686 bits per heavy atom. The Morgan fingerprint density at radius 2 is 1.23 bits per heavy atom. The van der Waals surface area contributed by atoms with Crippen LogP contribution in [0.15, 0.2) is 102 Å². The summed E-state index contributed by atoms with van der Waals surface area (Å²) < 4.78 is 0.747. The summed E-state index contributed by atoms with van der Waals surface area (Å²) in [5.41, 5.74) is 2.64. The number of ketones is 2. The Hall–Kier alpha value is -3.74. The van der Waals surface area contributed by atoms with E-state index in [4.69, 9.17) is 11.6 Å². The molecule has 0 spiro atoms. The molecule has 4 rings (SSSR count). The topological polar surface area (TPSA) is 75.3 Å². The van der Waals surface area contributed by atoms with E-state index in [1.807, 2.05) is 12.1 Å². The first kappa shape index (κ1) is 24.4. The second-order valence-electron chi connectivity index (χ2n) is 7.67. The van der Waals surface area contributed by atoms with Gasteiger partial charge in [-0.2, -0.15) is 0 Å². The monoisotopic (exact) mass is 546 g/mol. The molecule has 174 valence electrons. The van der Waals surface area contributed by atoms with Crippen LogP contribution in [0, 0.1) is 0 Å². The molecule has 0 unspecified atom stereocenters. The maximum absolute atomic E-state index is 13.0. The lowest BCUT2D eigenvalue weighted by atomic mass is 10.0. The van der Waals surface area contributed by atoms with Gasteiger partial charge in [-0.25, -0.2) is 0 Å². The van der Waals surface area contributed by atoms with Gasteiger partial charge in [-0.15, -0.1) is 0 Å². The molecule has 0 saturated carbocycles. The Kier molecular flexibility index (Phi) is 7.75. The van der Waals surface area contributed by atoms with E-state index in [1.54, 1.807) is 78.9 Å². The van der Waals surface area contributed by atoms with Crippen LogP contribution in [0.25, 0.3) is 0 Å². The number of hydrogen-bond acceptors (Lipinski definition) is 4. The van der Waals surface area contributed by atoms with Gasteiger partial charge in [-0.05, 0) is 36.4 Å². The summed E-state index contributed by atoms with van der Waals surface area (Å²) >= 11 is 9.53. The molecule has 7 heteroatoms. The van der Waals surface area contributed by atoms with Gasteiger partial charge in [-0.1, -0.05) is 88.2 Å². The van der Waals surface area contributed by atoms with Crippen LogP contribution in [0.3, 0.4) is 0 Å². The summed E-state index contributed by atoms with van der Waals surface area (Å²) in [6.45, 7) is -0.113. The van der Waals surface area contributed by atoms with E-state index in [0.29, 0.717) is 38.7 Å². The number of nitrogens with one attached hydrogen (secondary N) is 2. The lowest BCUT2D eigenvalue weighted by molar-refractivity contribution is -0.114. The largest absolute Gasteiger partial charge is 0.376 e. The fraction of sp³-hybridized carbons (Fsp3) is 0.0357. The number of halogens is 2. The molecule has 0 fully saturated rings. The van der Waals surface area contributed by atoms with Crippen molar-refractivity contribution >= 4 is 56.4 Å². The normalized spacial score (nSPS) is 10.5. The van der Waals surface area contributed by atoms with Gasteiger partial charge in [0.05, 0.1) is 12.2 Å². The van der Waals surface area contributed by atoms with Gasteiger partial charge in [0, 0.05) is 37.4 Å². The second kappa shape index (κ2) is 11.1. The van der Waals surface area contributed by atoms with E-state index in [9.17, 15) is 14.4 Å². The standard InChI is InChI=1S/C28H20BrClN2O3/c29-20-11-13-24(22(15-20)27(34)18-7-3-1-4-8-18)31-17-26(33)32-25-14-12-21(30)16-23(25)28(35)19-9-5-2-6-10-19/h1-16,31H,17H2,(H,32,33). The zero-order chi connectivity index (χ0) is 24.8. The maximum Gasteiger partial charge on any atom is 0.243 e. The molecule has 4 aromatic carbocycles. The molecule has 4 aromatic rings. The van der Waals surface area contributed by atoms with Crippen molar-refractivity contribution in [3.63, 3.8) is 0 Å². The highest BCUT2D eigenvalue weighted by Crippen LogP contribution is 2.25. The third kappa shape index (κ3) is 6.04. The van der Waals surface area contributed by atoms with Crippen LogP contribution >= 0.6 is 27.5 Å². The predicted octanol–water partition coefficient (Wildman–Crippen LogP) is 6.62. The molecule has 0 saturated heterocycles. The van der Waals surface area contributed by atoms with Gasteiger partial charge in [0.25, 0.3) is 0 Å². The minimum Gasteiger partial charge on any atom is -0.376 e. The lowest BCUT2D eigenvalue weighted by Gasteiger charge is -2.14. The molecule has 5 nitrogen and oxygen atoms in total. The number of carbonyl (C=O) groups excluding carboxylic acids is 3. The first-order valence-corrected chi connectivity index (χ1v) is 11.9. The molecule has 0 bridgehead atoms. The van der Waals surface area contributed by atoms with Gasteiger partial charge in [0.2, 0.25) is 5.91 Å². The van der Waals surface area contributed by atoms with Crippen molar-refractivity contribution in [1.29, 1.82) is 0 Å². The van der Waals surface area contributed by atoms with Gasteiger partial charge < -0.3 is 10.6 Å². The number of hydrogen-bond donors (Lipinski definition) is 2. The van der Waals surface area contributed by atoms with Crippen LogP contribution in [-0.4, -0.2) is 24.0 Å². The van der Waals surface area contributed by atoms with E-state index in [1.165, 1.54) is 6.07 Å². The fourth-order valence-corrected chi connectivity index (χ4v) is 4.06. The third-order valence-corrected chi connectivity index (χ3v) is 5.97. The first-order chi connectivity index (χ1) is 16.9. The molecule has 0 aliphatic rings. The molecule has 0 heterocycles. The molecule has 0 atom stereocenters. The van der Waals surface area contributed by atoms with E-state index in [-0.39, 0.29) is 24.0 Å². The average molecular weight is 548 g/mol. The van der Waals surface area contributed by atoms with Crippen LogP contribution in [-0.2, 0) is 4.79 Å². The summed E-state index contributed by atoms with van der Waals surface area (Å²) in [5, 5.41) is 6.20. The van der Waals surface area contributed by atoms with Crippen molar-refractivity contribution in [3.8, 4) is 0 Å². The second-order valence-corrected chi connectivity index (χ2v) is 9.02. The quantitative estimate of drug-likeness (QED) is 0.243. The van der Waals surface area contributed by atoms with Crippen LogP contribution in [0.4, 0.5) is 11.4 Å². The van der Waals surface area contributed by atoms with Gasteiger partial charge in [0.15, 0.2) is 11.6 Å². The van der Waals surface area contributed by atoms with E-state index < -0.39 is 0 Å². The molecular weight excluding hydrogens is 528 g/mol. The molecule has 0 aliphatic heterocycles. The van der Waals surface area contributed by atoms with Crippen molar-refractivity contribution in [2.75, 3.05) is 17.2 Å². The fourth-order valence-electron chi connectivity index (χ4n) is 3.53. The van der Waals surface area contributed by atoms with Crippen molar-refractivity contribution in [2.45, 2.75) is 0 Å². The lowest BCUT2D eigenvalue weighted by Crippen LogP contribution is -2.24. The van der Waals surface area contributed by atoms with Gasteiger partial charge >= 0.3 is 0 Å². The summed E-state index contributed by atoms with van der Waals surface area (Å²) in [6.07, 6.45) is 0. The zero-order valence-corrected chi connectivity index (χ0v) is 20.8. The summed E-state index contributed by atoms with van der Waals surface area (Å²) in [4.78, 5) is 38.8. The minimum atomic E-state index is -0.379. The number of anilines is 2. The smallest absolute Gasteiger partial charge is 0.243 e. The van der Waals surface area contributed by atoms with Gasteiger partial charge in [0.1, 0.15) is 0 Å². The van der Waals surface area contributed by atoms with E-state index >= 15 is 0 Å². The molecule has 35 heavy (non-hydrogen) atoms. The number of benzene rings is 4. The van der Waals surface area contributed by atoms with Crippen molar-refractivity contribution in [3.05, 3.63) is 129 Å². The van der Waals surface area contributed by atoms with Crippen LogP contribution in [0.5, 0.6) is 0 Å². The minimum absolute atomic E-state index is 0.113. The molecule has 0 aliphatic carbocycles. The number of amides is 1. The highest BCUT2D eigenvalue weighted by atomic mass is 79.9. The van der Waals surface area contributed by atoms with Gasteiger partial charge in [-0.3, -0.25) is 14.4 Å². The van der Waals surface area contributed by atoms with E-state index in [0.717, 1.165) is 4.47 Å². The van der Waals surface area contributed by atoms with Crippen LogP contribution < -0.4 is 10.6 Å². The van der Waals surface area contributed by atoms with Crippen LogP contribution in [0.2, 0.25) is 5.02 Å². The van der Waals surface area contributed by atoms with Crippen molar-refractivity contribution in [2.24, 2.45) is 0 Å². The average Bonchev–Trinajstić information content (AvgIpc) is 2.89. The molecular formula is C28H20BrClN2O3.